The van der Waals surface area contributed by atoms with Crippen LogP contribution in [0.3, 0.4) is 0 Å². The van der Waals surface area contributed by atoms with Gasteiger partial charge in [-0.25, -0.2) is 0 Å². The van der Waals surface area contributed by atoms with Crippen LogP contribution >= 0.6 is 0 Å². The molecule has 1 N–H and O–H groups in total. The zero-order valence-electron chi connectivity index (χ0n) is 10.1. The van der Waals surface area contributed by atoms with Gasteiger partial charge in [-0.1, -0.05) is 12.1 Å². The van der Waals surface area contributed by atoms with Crippen LogP contribution in [0.15, 0.2) is 48.5 Å². The van der Waals surface area contributed by atoms with E-state index in [0.717, 1.165) is 0 Å². The van der Waals surface area contributed by atoms with Crippen molar-refractivity contribution >= 4 is 5.78 Å². The second-order valence-corrected chi connectivity index (χ2v) is 3.81. The van der Waals surface area contributed by atoms with Crippen LogP contribution in [-0.2, 0) is 0 Å². The SMILES string of the molecule is CCOc1ccccc1C(=O)c1ccc(O)cc1. The first-order valence-electron chi connectivity index (χ1n) is 5.78. The molecule has 92 valence electrons. The Morgan fingerprint density at radius 1 is 1.11 bits per heavy atom. The van der Waals surface area contributed by atoms with Crippen molar-refractivity contribution in [2.75, 3.05) is 6.61 Å². The third-order valence-corrected chi connectivity index (χ3v) is 2.56. The zero-order chi connectivity index (χ0) is 13.0. The van der Waals surface area contributed by atoms with Gasteiger partial charge in [0, 0.05) is 5.56 Å². The zero-order valence-corrected chi connectivity index (χ0v) is 10.1. The van der Waals surface area contributed by atoms with E-state index in [1.807, 2.05) is 13.0 Å². The molecule has 0 aliphatic rings. The molecular weight excluding hydrogens is 228 g/mol. The maximum atomic E-state index is 12.3. The van der Waals surface area contributed by atoms with Crippen molar-refractivity contribution in [2.24, 2.45) is 0 Å². The molecule has 0 aromatic heterocycles. The third-order valence-electron chi connectivity index (χ3n) is 2.56. The van der Waals surface area contributed by atoms with E-state index in [4.69, 9.17) is 4.74 Å². The molecule has 0 amide bonds. The maximum absolute atomic E-state index is 12.3. The van der Waals surface area contributed by atoms with Gasteiger partial charge in [0.25, 0.3) is 0 Å². The Morgan fingerprint density at radius 2 is 1.78 bits per heavy atom. The predicted molar refractivity (Wildman–Crippen MR) is 69.2 cm³/mol. The standard InChI is InChI=1S/C15H14O3/c1-2-18-14-6-4-3-5-13(14)15(17)11-7-9-12(16)10-8-11/h3-10,16H,2H2,1H3. The predicted octanol–water partition coefficient (Wildman–Crippen LogP) is 3.02. The Labute approximate surface area is 106 Å². The Bertz CT molecular complexity index is 544. The molecule has 2 aromatic carbocycles. The molecule has 0 aliphatic heterocycles. The van der Waals surface area contributed by atoms with E-state index in [2.05, 4.69) is 0 Å². The van der Waals surface area contributed by atoms with Gasteiger partial charge in [-0.05, 0) is 43.3 Å². The van der Waals surface area contributed by atoms with Gasteiger partial charge in [0.05, 0.1) is 12.2 Å². The first kappa shape index (κ1) is 12.2. The summed E-state index contributed by atoms with van der Waals surface area (Å²) in [5.41, 5.74) is 1.06. The lowest BCUT2D eigenvalue weighted by Gasteiger charge is -2.09. The first-order valence-corrected chi connectivity index (χ1v) is 5.78. The fourth-order valence-electron chi connectivity index (χ4n) is 1.70. The van der Waals surface area contributed by atoms with E-state index < -0.39 is 0 Å². The third kappa shape index (κ3) is 2.51. The van der Waals surface area contributed by atoms with Gasteiger partial charge in [-0.3, -0.25) is 4.79 Å². The van der Waals surface area contributed by atoms with Crippen LogP contribution in [-0.4, -0.2) is 17.5 Å². The number of phenols is 1. The molecule has 0 bridgehead atoms. The number of ketones is 1. The van der Waals surface area contributed by atoms with E-state index in [-0.39, 0.29) is 11.5 Å². The summed E-state index contributed by atoms with van der Waals surface area (Å²) in [4.78, 5) is 12.3. The Morgan fingerprint density at radius 3 is 2.44 bits per heavy atom. The molecule has 3 heteroatoms. The van der Waals surface area contributed by atoms with Crippen LogP contribution in [0.2, 0.25) is 0 Å². The fraction of sp³-hybridized carbons (Fsp3) is 0.133. The molecule has 0 fully saturated rings. The van der Waals surface area contributed by atoms with Crippen molar-refractivity contribution < 1.29 is 14.6 Å². The lowest BCUT2D eigenvalue weighted by Crippen LogP contribution is -2.05. The number of rotatable bonds is 4. The average molecular weight is 242 g/mol. The number of para-hydroxylation sites is 1. The van der Waals surface area contributed by atoms with Crippen LogP contribution in [0.25, 0.3) is 0 Å². The van der Waals surface area contributed by atoms with Crippen LogP contribution in [0.5, 0.6) is 11.5 Å². The van der Waals surface area contributed by atoms with Crippen LogP contribution in [0.1, 0.15) is 22.8 Å². The minimum absolute atomic E-state index is 0.112. The summed E-state index contributed by atoms with van der Waals surface area (Å²) in [6.45, 7) is 2.39. The lowest BCUT2D eigenvalue weighted by molar-refractivity contribution is 0.103. The minimum atomic E-state index is -0.112. The minimum Gasteiger partial charge on any atom is -0.508 e. The largest absolute Gasteiger partial charge is 0.508 e. The van der Waals surface area contributed by atoms with Crippen molar-refractivity contribution in [1.82, 2.24) is 0 Å². The second-order valence-electron chi connectivity index (χ2n) is 3.81. The molecule has 0 spiro atoms. The molecule has 0 radical (unpaired) electrons. The van der Waals surface area contributed by atoms with E-state index in [1.54, 1.807) is 30.3 Å². The van der Waals surface area contributed by atoms with Crippen molar-refractivity contribution in [1.29, 1.82) is 0 Å². The highest BCUT2D eigenvalue weighted by atomic mass is 16.5. The summed E-state index contributed by atoms with van der Waals surface area (Å²) in [5.74, 6) is 0.613. The van der Waals surface area contributed by atoms with Crippen molar-refractivity contribution in [3.63, 3.8) is 0 Å². The molecule has 0 aliphatic carbocycles. The van der Waals surface area contributed by atoms with Crippen LogP contribution in [0, 0.1) is 0 Å². The number of hydrogen-bond donors (Lipinski definition) is 1. The first-order chi connectivity index (χ1) is 8.72. The summed E-state index contributed by atoms with van der Waals surface area (Å²) in [7, 11) is 0. The molecule has 0 atom stereocenters. The number of phenolic OH excluding ortho intramolecular Hbond substituents is 1. The molecule has 2 rings (SSSR count). The van der Waals surface area contributed by atoms with Crippen molar-refractivity contribution in [3.8, 4) is 11.5 Å². The van der Waals surface area contributed by atoms with Gasteiger partial charge in [0.2, 0.25) is 0 Å². The van der Waals surface area contributed by atoms with Crippen molar-refractivity contribution in [2.45, 2.75) is 6.92 Å². The Hall–Kier alpha value is -2.29. The Balaban J connectivity index is 2.36. The average Bonchev–Trinajstić information content (AvgIpc) is 2.40. The summed E-state index contributed by atoms with van der Waals surface area (Å²) >= 11 is 0. The summed E-state index contributed by atoms with van der Waals surface area (Å²) in [6, 6.07) is 13.3. The number of carbonyl (C=O) groups excluding carboxylic acids is 1. The number of carbonyl (C=O) groups is 1. The monoisotopic (exact) mass is 242 g/mol. The highest BCUT2D eigenvalue weighted by molar-refractivity contribution is 6.10. The van der Waals surface area contributed by atoms with Crippen molar-refractivity contribution in [3.05, 3.63) is 59.7 Å². The molecule has 0 heterocycles. The van der Waals surface area contributed by atoms with Gasteiger partial charge in [-0.15, -0.1) is 0 Å². The molecule has 0 saturated carbocycles. The van der Waals surface area contributed by atoms with E-state index >= 15 is 0 Å². The number of aromatic hydroxyl groups is 1. The summed E-state index contributed by atoms with van der Waals surface area (Å²) in [6.07, 6.45) is 0. The van der Waals surface area contributed by atoms with Gasteiger partial charge in [0.15, 0.2) is 5.78 Å². The van der Waals surface area contributed by atoms with Gasteiger partial charge < -0.3 is 9.84 Å². The highest BCUT2D eigenvalue weighted by Crippen LogP contribution is 2.22. The topological polar surface area (TPSA) is 46.5 Å². The molecule has 2 aromatic rings. The normalized spacial score (nSPS) is 10.1. The van der Waals surface area contributed by atoms with E-state index in [1.165, 1.54) is 12.1 Å². The van der Waals surface area contributed by atoms with E-state index in [9.17, 15) is 9.90 Å². The number of ether oxygens (including phenoxy) is 1. The highest BCUT2D eigenvalue weighted by Gasteiger charge is 2.13. The Kier molecular flexibility index (Phi) is 3.63. The molecule has 18 heavy (non-hydrogen) atoms. The maximum Gasteiger partial charge on any atom is 0.196 e. The quantitative estimate of drug-likeness (QED) is 0.838. The second kappa shape index (κ2) is 5.36. The van der Waals surface area contributed by atoms with Gasteiger partial charge in [0.1, 0.15) is 11.5 Å². The molecule has 0 saturated heterocycles. The van der Waals surface area contributed by atoms with Gasteiger partial charge >= 0.3 is 0 Å². The summed E-state index contributed by atoms with van der Waals surface area (Å²) in [5, 5.41) is 9.21. The fourth-order valence-corrected chi connectivity index (χ4v) is 1.70. The van der Waals surface area contributed by atoms with E-state index in [0.29, 0.717) is 23.5 Å². The van der Waals surface area contributed by atoms with Crippen LogP contribution in [0.4, 0.5) is 0 Å². The molecule has 0 unspecified atom stereocenters. The molecular formula is C15H14O3. The molecule has 3 nitrogen and oxygen atoms in total. The lowest BCUT2D eigenvalue weighted by atomic mass is 10.0. The van der Waals surface area contributed by atoms with Gasteiger partial charge in [-0.2, -0.15) is 0 Å². The summed E-state index contributed by atoms with van der Waals surface area (Å²) < 4.78 is 5.43. The smallest absolute Gasteiger partial charge is 0.196 e. The van der Waals surface area contributed by atoms with Crippen LogP contribution < -0.4 is 4.74 Å². The number of hydrogen-bond acceptors (Lipinski definition) is 3. The number of benzene rings is 2.